The van der Waals surface area contributed by atoms with Gasteiger partial charge in [0.25, 0.3) is 0 Å². The normalized spacial score (nSPS) is 16.8. The molecule has 0 amide bonds. The molecule has 35 heavy (non-hydrogen) atoms. The van der Waals surface area contributed by atoms with Crippen molar-refractivity contribution in [1.29, 1.82) is 0 Å². The highest BCUT2D eigenvalue weighted by atomic mass is 35.5. The molecule has 5 heteroatoms. The van der Waals surface area contributed by atoms with Gasteiger partial charge in [0.15, 0.2) is 0 Å². The summed E-state index contributed by atoms with van der Waals surface area (Å²) in [5, 5.41) is 1.89. The molecular weight excluding hydrogens is 452 g/mol. The lowest BCUT2D eigenvalue weighted by molar-refractivity contribution is 0.742. The van der Waals surface area contributed by atoms with E-state index in [4.69, 9.17) is 16.6 Å². The van der Waals surface area contributed by atoms with Crippen LogP contribution in [0.4, 0.5) is 5.95 Å². The minimum absolute atomic E-state index is 0.744. The zero-order valence-corrected chi connectivity index (χ0v) is 21.6. The first-order chi connectivity index (χ1) is 17.0. The zero-order valence-electron chi connectivity index (χ0n) is 20.8. The Kier molecular flexibility index (Phi) is 6.48. The Bertz CT molecular complexity index is 1460. The number of fused-ring (bicyclic) bond motifs is 1. The number of allylic oxidation sites excluding steroid dienone is 1. The fourth-order valence-corrected chi connectivity index (χ4v) is 5.32. The van der Waals surface area contributed by atoms with Crippen LogP contribution in [0.5, 0.6) is 0 Å². The number of aromatic amines is 1. The summed E-state index contributed by atoms with van der Waals surface area (Å²) in [6, 6.07) is 14.8. The molecule has 0 atom stereocenters. The number of H-pyrrole nitrogens is 1. The van der Waals surface area contributed by atoms with Gasteiger partial charge in [-0.05, 0) is 90.8 Å². The Hall–Kier alpha value is -3.37. The van der Waals surface area contributed by atoms with Crippen LogP contribution in [0.3, 0.4) is 0 Å². The van der Waals surface area contributed by atoms with E-state index in [0.29, 0.717) is 0 Å². The number of hydrogen-bond acceptors (Lipinski definition) is 3. The second-order valence-corrected chi connectivity index (χ2v) is 9.71. The smallest absolute Gasteiger partial charge is 0.225 e. The average molecular weight is 483 g/mol. The molecule has 3 heterocycles. The number of anilines is 1. The van der Waals surface area contributed by atoms with Crippen LogP contribution in [0.1, 0.15) is 48.2 Å². The first-order valence-electron chi connectivity index (χ1n) is 12.3. The zero-order chi connectivity index (χ0) is 24.5. The minimum atomic E-state index is 0.744. The summed E-state index contributed by atoms with van der Waals surface area (Å²) in [6.07, 6.45) is 8.19. The molecule has 5 rings (SSSR count). The number of rotatable bonds is 4. The Morgan fingerprint density at radius 1 is 1.14 bits per heavy atom. The van der Waals surface area contributed by atoms with Gasteiger partial charge in [0, 0.05) is 36.6 Å². The van der Waals surface area contributed by atoms with Crippen molar-refractivity contribution in [3.63, 3.8) is 0 Å². The summed E-state index contributed by atoms with van der Waals surface area (Å²) >= 11 is 6.48. The molecule has 1 aliphatic heterocycles. The van der Waals surface area contributed by atoms with Gasteiger partial charge in [-0.15, -0.1) is 0 Å². The lowest BCUT2D eigenvalue weighted by atomic mass is 9.87. The molecule has 1 aliphatic rings. The van der Waals surface area contributed by atoms with E-state index >= 15 is 0 Å². The summed E-state index contributed by atoms with van der Waals surface area (Å²) in [6.45, 7) is 10.3. The minimum Gasteiger partial charge on any atom is -0.360 e. The van der Waals surface area contributed by atoms with E-state index in [9.17, 15) is 0 Å². The molecule has 0 spiro atoms. The number of nitrogens with one attached hydrogen (secondary N) is 1. The third-order valence-electron chi connectivity index (χ3n) is 7.10. The standard InChI is InChI=1S/C30H31ClN4/c1-5-22-8-6-7-19(2)26(22)17-23-13-16-35(30-33-14-11-20(3)34-30)18-27(23)21(4)24-9-10-28(31)29-25(24)12-15-32-29/h6-12,14-15,17,32H,5,13,16,18H2,1-4H3/b23-17-,27-21+. The summed E-state index contributed by atoms with van der Waals surface area (Å²) in [5.41, 5.74) is 11.2. The van der Waals surface area contributed by atoms with Gasteiger partial charge in [-0.25, -0.2) is 9.97 Å². The number of benzene rings is 2. The molecular formula is C30H31ClN4. The molecule has 1 N–H and O–H groups in total. The fraction of sp³-hybridized carbons (Fsp3) is 0.267. The summed E-state index contributed by atoms with van der Waals surface area (Å²) < 4.78 is 0. The van der Waals surface area contributed by atoms with Crippen LogP contribution >= 0.6 is 11.6 Å². The molecule has 2 aromatic carbocycles. The molecule has 0 radical (unpaired) electrons. The molecule has 0 bridgehead atoms. The average Bonchev–Trinajstić information content (AvgIpc) is 3.36. The summed E-state index contributed by atoms with van der Waals surface area (Å²) in [4.78, 5) is 14.9. The number of halogens is 1. The predicted octanol–water partition coefficient (Wildman–Crippen LogP) is 7.56. The van der Waals surface area contributed by atoms with E-state index in [0.717, 1.165) is 53.5 Å². The summed E-state index contributed by atoms with van der Waals surface area (Å²) in [7, 11) is 0. The quantitative estimate of drug-likeness (QED) is 0.326. The molecule has 1 saturated heterocycles. The predicted molar refractivity (Wildman–Crippen MR) is 148 cm³/mol. The number of hydrogen-bond donors (Lipinski definition) is 1. The van der Waals surface area contributed by atoms with E-state index in [2.05, 4.69) is 72.0 Å². The molecule has 2 aromatic heterocycles. The SMILES string of the molecule is CCc1cccc(C)c1/C=C1/CCN(c2nccc(C)n2)C/C1=C(/C)c1ccc(Cl)c2[nH]ccc12. The van der Waals surface area contributed by atoms with E-state index in [-0.39, 0.29) is 0 Å². The third-order valence-corrected chi connectivity index (χ3v) is 7.41. The van der Waals surface area contributed by atoms with Gasteiger partial charge in [0.2, 0.25) is 5.95 Å². The number of piperidine rings is 1. The van der Waals surface area contributed by atoms with Crippen molar-refractivity contribution in [2.45, 2.75) is 40.5 Å². The number of nitrogens with zero attached hydrogens (tertiary/aromatic N) is 3. The highest BCUT2D eigenvalue weighted by Gasteiger charge is 2.24. The Morgan fingerprint density at radius 3 is 2.80 bits per heavy atom. The van der Waals surface area contributed by atoms with Crippen LogP contribution < -0.4 is 4.90 Å². The van der Waals surface area contributed by atoms with Crippen LogP contribution in [0, 0.1) is 13.8 Å². The second kappa shape index (κ2) is 9.71. The van der Waals surface area contributed by atoms with Crippen molar-refractivity contribution in [3.05, 3.63) is 99.0 Å². The van der Waals surface area contributed by atoms with Crippen LogP contribution in [-0.2, 0) is 6.42 Å². The van der Waals surface area contributed by atoms with Crippen molar-refractivity contribution in [2.24, 2.45) is 0 Å². The van der Waals surface area contributed by atoms with Crippen LogP contribution in [0.15, 0.2) is 66.0 Å². The molecule has 4 nitrogen and oxygen atoms in total. The monoisotopic (exact) mass is 482 g/mol. The Labute approximate surface area is 212 Å². The van der Waals surface area contributed by atoms with Gasteiger partial charge < -0.3 is 9.88 Å². The van der Waals surface area contributed by atoms with Gasteiger partial charge in [-0.3, -0.25) is 0 Å². The van der Waals surface area contributed by atoms with Gasteiger partial charge in [0.05, 0.1) is 10.5 Å². The number of aromatic nitrogens is 3. The van der Waals surface area contributed by atoms with E-state index < -0.39 is 0 Å². The van der Waals surface area contributed by atoms with Gasteiger partial charge in [-0.1, -0.05) is 48.9 Å². The maximum absolute atomic E-state index is 6.48. The van der Waals surface area contributed by atoms with Crippen molar-refractivity contribution >= 4 is 40.1 Å². The van der Waals surface area contributed by atoms with Crippen molar-refractivity contribution in [3.8, 4) is 0 Å². The lowest BCUT2D eigenvalue weighted by Gasteiger charge is -2.32. The molecule has 0 unspecified atom stereocenters. The molecule has 1 fully saturated rings. The molecule has 4 aromatic rings. The second-order valence-electron chi connectivity index (χ2n) is 9.31. The van der Waals surface area contributed by atoms with E-state index in [1.54, 1.807) is 0 Å². The molecule has 0 aliphatic carbocycles. The number of aryl methyl sites for hydroxylation is 3. The van der Waals surface area contributed by atoms with Gasteiger partial charge >= 0.3 is 0 Å². The van der Waals surface area contributed by atoms with Crippen molar-refractivity contribution in [2.75, 3.05) is 18.0 Å². The first-order valence-corrected chi connectivity index (χ1v) is 12.6. The highest BCUT2D eigenvalue weighted by molar-refractivity contribution is 6.35. The molecule has 178 valence electrons. The highest BCUT2D eigenvalue weighted by Crippen LogP contribution is 2.37. The maximum atomic E-state index is 6.48. The third kappa shape index (κ3) is 4.51. The maximum Gasteiger partial charge on any atom is 0.225 e. The van der Waals surface area contributed by atoms with Gasteiger partial charge in [-0.2, -0.15) is 0 Å². The topological polar surface area (TPSA) is 44.8 Å². The fourth-order valence-electron chi connectivity index (χ4n) is 5.10. The van der Waals surface area contributed by atoms with Crippen molar-refractivity contribution in [1.82, 2.24) is 15.0 Å². The summed E-state index contributed by atoms with van der Waals surface area (Å²) in [5.74, 6) is 0.794. The lowest BCUT2D eigenvalue weighted by Crippen LogP contribution is -2.34. The molecule has 0 saturated carbocycles. The van der Waals surface area contributed by atoms with E-state index in [1.165, 1.54) is 39.0 Å². The van der Waals surface area contributed by atoms with Gasteiger partial charge in [0.1, 0.15) is 0 Å². The van der Waals surface area contributed by atoms with Crippen LogP contribution in [0.2, 0.25) is 5.02 Å². The first kappa shape index (κ1) is 23.4. The van der Waals surface area contributed by atoms with E-state index in [1.807, 2.05) is 31.5 Å². The Morgan fingerprint density at radius 2 is 2.00 bits per heavy atom. The Balaban J connectivity index is 1.67. The van der Waals surface area contributed by atoms with Crippen LogP contribution in [0.25, 0.3) is 22.6 Å². The van der Waals surface area contributed by atoms with Crippen LogP contribution in [-0.4, -0.2) is 28.0 Å². The largest absolute Gasteiger partial charge is 0.360 e. The van der Waals surface area contributed by atoms with Crippen molar-refractivity contribution < 1.29 is 0 Å².